The van der Waals surface area contributed by atoms with Crippen LogP contribution in [0.15, 0.2) is 36.7 Å². The number of imidazole rings is 1. The van der Waals surface area contributed by atoms with Gasteiger partial charge in [-0.3, -0.25) is 0 Å². The normalized spacial score (nSPS) is 20.3. The first-order valence-corrected chi connectivity index (χ1v) is 11.6. The van der Waals surface area contributed by atoms with Crippen molar-refractivity contribution >= 4 is 0 Å². The molecule has 27 heavy (non-hydrogen) atoms. The average molecular weight is 371 g/mol. The first-order chi connectivity index (χ1) is 13.2. The van der Waals surface area contributed by atoms with Crippen LogP contribution in [0.3, 0.4) is 0 Å². The molecule has 2 unspecified atom stereocenters. The maximum atomic E-state index is 4.82. The Kier molecular flexibility index (Phi) is 9.94. The number of rotatable bonds is 14. The van der Waals surface area contributed by atoms with Crippen molar-refractivity contribution in [1.29, 1.82) is 0 Å². The van der Waals surface area contributed by atoms with Gasteiger partial charge in [-0.25, -0.2) is 4.98 Å². The maximum Gasteiger partial charge on any atom is 0.119 e. The summed E-state index contributed by atoms with van der Waals surface area (Å²) in [5.74, 6) is 1.27. The van der Waals surface area contributed by atoms with Crippen molar-refractivity contribution in [2.75, 3.05) is 0 Å². The summed E-state index contributed by atoms with van der Waals surface area (Å²) in [6.45, 7) is 6.95. The van der Waals surface area contributed by atoms with Gasteiger partial charge in [0.1, 0.15) is 5.82 Å². The van der Waals surface area contributed by atoms with Gasteiger partial charge in [0.2, 0.25) is 0 Å². The molecule has 1 aromatic heterocycles. The highest BCUT2D eigenvalue weighted by Gasteiger charge is 2.33. The quantitative estimate of drug-likeness (QED) is 0.304. The van der Waals surface area contributed by atoms with Gasteiger partial charge in [0, 0.05) is 18.4 Å². The Hall–Kier alpha value is -1.31. The van der Waals surface area contributed by atoms with Crippen LogP contribution in [0.1, 0.15) is 116 Å². The summed E-state index contributed by atoms with van der Waals surface area (Å²) in [6, 6.07) is 0.542. The van der Waals surface area contributed by atoms with Gasteiger partial charge in [0.15, 0.2) is 0 Å². The Bertz CT molecular complexity index is 569. The predicted molar refractivity (Wildman–Crippen MR) is 118 cm³/mol. The molecule has 2 rings (SSSR count). The summed E-state index contributed by atoms with van der Waals surface area (Å²) in [4.78, 5) is 4.82. The van der Waals surface area contributed by atoms with Gasteiger partial charge in [0.25, 0.3) is 0 Å². The van der Waals surface area contributed by atoms with Gasteiger partial charge in [-0.1, -0.05) is 102 Å². The van der Waals surface area contributed by atoms with Gasteiger partial charge < -0.3 is 4.57 Å². The third-order valence-electron chi connectivity index (χ3n) is 6.15. The highest BCUT2D eigenvalue weighted by molar-refractivity contribution is 5.28. The Morgan fingerprint density at radius 3 is 2.30 bits per heavy atom. The van der Waals surface area contributed by atoms with Crippen LogP contribution >= 0.6 is 0 Å². The summed E-state index contributed by atoms with van der Waals surface area (Å²) < 4.78 is 2.46. The van der Waals surface area contributed by atoms with Crippen LogP contribution in [-0.2, 0) is 5.41 Å². The molecule has 0 spiro atoms. The van der Waals surface area contributed by atoms with Crippen molar-refractivity contribution < 1.29 is 0 Å². The lowest BCUT2D eigenvalue weighted by atomic mass is 9.77. The Morgan fingerprint density at radius 2 is 1.67 bits per heavy atom. The second-order valence-electron chi connectivity index (χ2n) is 8.52. The topological polar surface area (TPSA) is 17.8 Å². The van der Waals surface area contributed by atoms with Crippen LogP contribution in [0, 0.1) is 0 Å². The van der Waals surface area contributed by atoms with Crippen LogP contribution in [0.25, 0.3) is 0 Å². The van der Waals surface area contributed by atoms with E-state index in [0.29, 0.717) is 6.04 Å². The zero-order chi connectivity index (χ0) is 19.4. The number of nitrogens with zero attached hydrogens (tertiary/aromatic N) is 2. The molecule has 0 saturated carbocycles. The zero-order valence-electron chi connectivity index (χ0n) is 18.1. The second-order valence-corrected chi connectivity index (χ2v) is 8.52. The molecule has 2 heteroatoms. The molecule has 152 valence electrons. The molecule has 0 radical (unpaired) electrons. The molecule has 1 aliphatic carbocycles. The minimum atomic E-state index is 0.0970. The summed E-state index contributed by atoms with van der Waals surface area (Å²) in [5.41, 5.74) is 0.0970. The molecule has 1 heterocycles. The van der Waals surface area contributed by atoms with E-state index in [-0.39, 0.29) is 5.41 Å². The molecular weight excluding hydrogens is 328 g/mol. The van der Waals surface area contributed by atoms with E-state index in [9.17, 15) is 0 Å². The lowest BCUT2D eigenvalue weighted by Crippen LogP contribution is -2.29. The van der Waals surface area contributed by atoms with Crippen LogP contribution < -0.4 is 0 Å². The summed E-state index contributed by atoms with van der Waals surface area (Å²) >= 11 is 0. The fourth-order valence-electron chi connectivity index (χ4n) is 4.52. The van der Waals surface area contributed by atoms with Crippen molar-refractivity contribution in [3.05, 3.63) is 42.5 Å². The second kappa shape index (κ2) is 12.2. The number of aromatic nitrogens is 2. The average Bonchev–Trinajstić information content (AvgIpc) is 3.18. The molecule has 2 nitrogen and oxygen atoms in total. The van der Waals surface area contributed by atoms with Crippen LogP contribution in [-0.4, -0.2) is 9.55 Å². The standard InChI is InChI=1S/C25H42N2/c1-4-6-7-8-9-10-11-12-14-17-23(3)27-22-21-26-24(27)25(18-5-2)19-15-13-16-20-25/h13,15-16,19,21-23H,4-12,14,17-18,20H2,1-3H3. The van der Waals surface area contributed by atoms with Gasteiger partial charge in [-0.2, -0.15) is 0 Å². The molecule has 0 aliphatic heterocycles. The highest BCUT2D eigenvalue weighted by Crippen LogP contribution is 2.37. The van der Waals surface area contributed by atoms with E-state index in [2.05, 4.69) is 55.8 Å². The summed E-state index contributed by atoms with van der Waals surface area (Å²) in [5, 5.41) is 0. The van der Waals surface area contributed by atoms with Crippen LogP contribution in [0.2, 0.25) is 0 Å². The molecule has 2 atom stereocenters. The van der Waals surface area contributed by atoms with Crippen molar-refractivity contribution in [2.45, 2.75) is 116 Å². The number of hydrogen-bond donors (Lipinski definition) is 0. The molecule has 0 N–H and O–H groups in total. The van der Waals surface area contributed by atoms with E-state index in [4.69, 9.17) is 4.98 Å². The van der Waals surface area contributed by atoms with Crippen LogP contribution in [0.5, 0.6) is 0 Å². The van der Waals surface area contributed by atoms with Gasteiger partial charge in [0.05, 0.1) is 5.41 Å². The predicted octanol–water partition coefficient (Wildman–Crippen LogP) is 7.92. The minimum Gasteiger partial charge on any atom is -0.331 e. The third kappa shape index (κ3) is 6.66. The van der Waals surface area contributed by atoms with Crippen molar-refractivity contribution in [3.63, 3.8) is 0 Å². The monoisotopic (exact) mass is 370 g/mol. The number of allylic oxidation sites excluding steroid dienone is 4. The fraction of sp³-hybridized carbons (Fsp3) is 0.720. The van der Waals surface area contributed by atoms with Crippen molar-refractivity contribution in [2.24, 2.45) is 0 Å². The molecule has 0 aromatic carbocycles. The van der Waals surface area contributed by atoms with Gasteiger partial charge >= 0.3 is 0 Å². The van der Waals surface area contributed by atoms with Crippen LogP contribution in [0.4, 0.5) is 0 Å². The highest BCUT2D eigenvalue weighted by atomic mass is 15.1. The molecule has 0 bridgehead atoms. The first kappa shape index (κ1) is 22.0. The SMILES string of the molecule is CCCCCCCCCCCC(C)n1ccnc1C1(CCC)C=CC=CC1. The van der Waals surface area contributed by atoms with E-state index in [1.165, 1.54) is 82.9 Å². The minimum absolute atomic E-state index is 0.0970. The molecule has 0 fully saturated rings. The van der Waals surface area contributed by atoms with Crippen molar-refractivity contribution in [3.8, 4) is 0 Å². The number of unbranched alkanes of at least 4 members (excludes halogenated alkanes) is 8. The summed E-state index contributed by atoms with van der Waals surface area (Å²) in [7, 11) is 0. The first-order valence-electron chi connectivity index (χ1n) is 11.6. The summed E-state index contributed by atoms with van der Waals surface area (Å²) in [6.07, 6.45) is 30.6. The molecule has 0 saturated heterocycles. The van der Waals surface area contributed by atoms with E-state index in [1.54, 1.807) is 0 Å². The third-order valence-corrected chi connectivity index (χ3v) is 6.15. The smallest absolute Gasteiger partial charge is 0.119 e. The lowest BCUT2D eigenvalue weighted by molar-refractivity contribution is 0.390. The Labute approximate surface area is 168 Å². The van der Waals surface area contributed by atoms with E-state index >= 15 is 0 Å². The largest absolute Gasteiger partial charge is 0.331 e. The molecular formula is C25H42N2. The van der Waals surface area contributed by atoms with E-state index < -0.39 is 0 Å². The lowest BCUT2D eigenvalue weighted by Gasteiger charge is -2.32. The Balaban J connectivity index is 1.79. The fourth-order valence-corrected chi connectivity index (χ4v) is 4.52. The maximum absolute atomic E-state index is 4.82. The zero-order valence-corrected chi connectivity index (χ0v) is 18.1. The Morgan fingerprint density at radius 1 is 0.963 bits per heavy atom. The number of hydrogen-bond acceptors (Lipinski definition) is 1. The van der Waals surface area contributed by atoms with E-state index in [1.807, 2.05) is 6.20 Å². The van der Waals surface area contributed by atoms with Crippen molar-refractivity contribution in [1.82, 2.24) is 9.55 Å². The molecule has 0 amide bonds. The van der Waals surface area contributed by atoms with E-state index in [0.717, 1.165) is 6.42 Å². The molecule has 1 aromatic rings. The molecule has 1 aliphatic rings. The van der Waals surface area contributed by atoms with Gasteiger partial charge in [-0.05, 0) is 26.2 Å². The van der Waals surface area contributed by atoms with Gasteiger partial charge in [-0.15, -0.1) is 0 Å².